The first kappa shape index (κ1) is 28.3. The largest absolute Gasteiger partial charge is 0.456 e. The Labute approximate surface area is 289 Å². The first-order valence-corrected chi connectivity index (χ1v) is 17.0. The zero-order valence-electron chi connectivity index (χ0n) is 27.1. The topological polar surface area (TPSA) is 31.0 Å². The summed E-state index contributed by atoms with van der Waals surface area (Å²) in [5, 5.41) is 4.68. The van der Waals surface area contributed by atoms with Crippen LogP contribution in [-0.4, -0.2) is 9.55 Å². The molecule has 0 aliphatic heterocycles. The molecule has 0 saturated heterocycles. The van der Waals surface area contributed by atoms with Gasteiger partial charge in [0.1, 0.15) is 11.2 Å². The summed E-state index contributed by atoms with van der Waals surface area (Å²) >= 11 is 0. The molecule has 3 aromatic heterocycles. The Morgan fingerprint density at radius 3 is 1.70 bits per heavy atom. The molecule has 0 amide bonds. The lowest BCUT2D eigenvalue weighted by Gasteiger charge is -2.11. The van der Waals surface area contributed by atoms with Crippen LogP contribution in [0.4, 0.5) is 0 Å². The summed E-state index contributed by atoms with van der Waals surface area (Å²) in [6.07, 6.45) is 0. The number of fused-ring (bicyclic) bond motifs is 6. The fraction of sp³-hybridized carbons (Fsp3) is 0. The van der Waals surface area contributed by atoms with Crippen LogP contribution in [0.25, 0.3) is 94.2 Å². The minimum absolute atomic E-state index is 0.871. The van der Waals surface area contributed by atoms with Crippen LogP contribution in [0.2, 0.25) is 0 Å². The predicted octanol–water partition coefficient (Wildman–Crippen LogP) is 12.7. The first-order chi connectivity index (χ1) is 24.8. The molecule has 0 fully saturated rings. The Hall–Kier alpha value is -6.71. The second-order valence-corrected chi connectivity index (χ2v) is 12.8. The lowest BCUT2D eigenvalue weighted by molar-refractivity contribution is 0.669. The van der Waals surface area contributed by atoms with Gasteiger partial charge in [-0.05, 0) is 82.9 Å². The van der Waals surface area contributed by atoms with Crippen LogP contribution < -0.4 is 0 Å². The normalized spacial score (nSPS) is 11.6. The van der Waals surface area contributed by atoms with E-state index >= 15 is 0 Å². The molecule has 7 aromatic carbocycles. The third-order valence-corrected chi connectivity index (χ3v) is 9.79. The van der Waals surface area contributed by atoms with E-state index in [-0.39, 0.29) is 0 Å². The van der Waals surface area contributed by atoms with Crippen molar-refractivity contribution < 1.29 is 4.42 Å². The van der Waals surface area contributed by atoms with Gasteiger partial charge in [-0.15, -0.1) is 0 Å². The van der Waals surface area contributed by atoms with E-state index in [0.29, 0.717) is 0 Å². The first-order valence-electron chi connectivity index (χ1n) is 17.0. The molecule has 3 nitrogen and oxygen atoms in total. The molecule has 0 atom stereocenters. The average Bonchev–Trinajstić information content (AvgIpc) is 3.74. The number of hydrogen-bond acceptors (Lipinski definition) is 2. The van der Waals surface area contributed by atoms with Crippen molar-refractivity contribution >= 4 is 43.7 Å². The van der Waals surface area contributed by atoms with E-state index in [1.165, 1.54) is 27.4 Å². The van der Waals surface area contributed by atoms with Gasteiger partial charge >= 0.3 is 0 Å². The summed E-state index contributed by atoms with van der Waals surface area (Å²) < 4.78 is 8.85. The number of benzene rings is 7. The lowest BCUT2D eigenvalue weighted by Crippen LogP contribution is -1.92. The summed E-state index contributed by atoms with van der Waals surface area (Å²) in [5.41, 5.74) is 13.9. The van der Waals surface area contributed by atoms with Crippen molar-refractivity contribution in [2.45, 2.75) is 0 Å². The van der Waals surface area contributed by atoms with Gasteiger partial charge in [-0.25, -0.2) is 4.98 Å². The third-order valence-electron chi connectivity index (χ3n) is 9.79. The highest BCUT2D eigenvalue weighted by Crippen LogP contribution is 2.41. The summed E-state index contributed by atoms with van der Waals surface area (Å²) in [4.78, 5) is 5.13. The maximum Gasteiger partial charge on any atom is 0.136 e. The molecular weight excluding hydrogens is 609 g/mol. The van der Waals surface area contributed by atoms with Gasteiger partial charge in [0.25, 0.3) is 0 Å². The molecule has 0 spiro atoms. The third kappa shape index (κ3) is 4.63. The number of furan rings is 1. The standard InChI is InChI=1S/C47H30N2O/c1-4-13-31(14-5-1)41-29-35(30-42(48-41)32-15-6-2-7-16-32)37-20-12-22-46-47(37)40-28-34(24-26-45(40)50-46)33-23-25-44-39(27-33)38-19-10-11-21-43(38)49(44)36-17-8-3-9-18-36/h1-30H. The van der Waals surface area contributed by atoms with E-state index in [1.807, 2.05) is 12.1 Å². The van der Waals surface area contributed by atoms with E-state index in [2.05, 4.69) is 174 Å². The van der Waals surface area contributed by atoms with Gasteiger partial charge in [0.2, 0.25) is 0 Å². The molecule has 0 N–H and O–H groups in total. The summed E-state index contributed by atoms with van der Waals surface area (Å²) in [6.45, 7) is 0. The summed E-state index contributed by atoms with van der Waals surface area (Å²) in [6, 6.07) is 64.3. The van der Waals surface area contributed by atoms with Crippen molar-refractivity contribution in [1.82, 2.24) is 9.55 Å². The van der Waals surface area contributed by atoms with Gasteiger partial charge in [0.05, 0.1) is 22.4 Å². The van der Waals surface area contributed by atoms with Crippen LogP contribution in [0.3, 0.4) is 0 Å². The summed E-state index contributed by atoms with van der Waals surface area (Å²) in [7, 11) is 0. The van der Waals surface area contributed by atoms with Gasteiger partial charge in [-0.1, -0.05) is 121 Å². The molecule has 0 unspecified atom stereocenters. The van der Waals surface area contributed by atoms with Crippen LogP contribution in [-0.2, 0) is 0 Å². The zero-order chi connectivity index (χ0) is 33.0. The van der Waals surface area contributed by atoms with Gasteiger partial charge in [0, 0.05) is 38.4 Å². The molecule has 234 valence electrons. The molecule has 0 aliphatic carbocycles. The lowest BCUT2D eigenvalue weighted by atomic mass is 9.95. The quantitative estimate of drug-likeness (QED) is 0.188. The minimum Gasteiger partial charge on any atom is -0.456 e. The molecule has 0 saturated carbocycles. The van der Waals surface area contributed by atoms with Crippen molar-refractivity contribution in [2.75, 3.05) is 0 Å². The molecule has 10 rings (SSSR count). The van der Waals surface area contributed by atoms with E-state index in [9.17, 15) is 0 Å². The molecule has 0 aliphatic rings. The van der Waals surface area contributed by atoms with Crippen LogP contribution in [0, 0.1) is 0 Å². The molecule has 0 radical (unpaired) electrons. The average molecular weight is 639 g/mol. The number of nitrogens with zero attached hydrogens (tertiary/aromatic N) is 2. The van der Waals surface area contributed by atoms with E-state index < -0.39 is 0 Å². The molecule has 10 aromatic rings. The van der Waals surface area contributed by atoms with E-state index in [4.69, 9.17) is 9.40 Å². The highest BCUT2D eigenvalue weighted by Gasteiger charge is 2.17. The van der Waals surface area contributed by atoms with Gasteiger partial charge in [-0.2, -0.15) is 0 Å². The van der Waals surface area contributed by atoms with Crippen molar-refractivity contribution in [3.05, 3.63) is 182 Å². The molecular formula is C47H30N2O. The SMILES string of the molecule is c1ccc(-c2cc(-c3cccc4oc5ccc(-c6ccc7c(c6)c6ccccc6n7-c6ccccc6)cc5c34)cc(-c3ccccc3)n2)cc1. The maximum atomic E-state index is 6.50. The maximum absolute atomic E-state index is 6.50. The van der Waals surface area contributed by atoms with Crippen molar-refractivity contribution in [1.29, 1.82) is 0 Å². The zero-order valence-corrected chi connectivity index (χ0v) is 27.1. The van der Waals surface area contributed by atoms with Gasteiger partial charge in [-0.3, -0.25) is 0 Å². The van der Waals surface area contributed by atoms with Crippen molar-refractivity contribution in [3.8, 4) is 50.5 Å². The predicted molar refractivity (Wildman–Crippen MR) is 208 cm³/mol. The van der Waals surface area contributed by atoms with Crippen LogP contribution >= 0.6 is 0 Å². The highest BCUT2D eigenvalue weighted by molar-refractivity contribution is 6.14. The Kier molecular flexibility index (Phi) is 6.49. The molecule has 0 bridgehead atoms. The highest BCUT2D eigenvalue weighted by atomic mass is 16.3. The number of para-hydroxylation sites is 2. The second-order valence-electron chi connectivity index (χ2n) is 12.8. The fourth-order valence-corrected chi connectivity index (χ4v) is 7.45. The second kappa shape index (κ2) is 11.5. The van der Waals surface area contributed by atoms with Crippen LogP contribution in [0.1, 0.15) is 0 Å². The molecule has 3 heteroatoms. The van der Waals surface area contributed by atoms with E-state index in [0.717, 1.165) is 66.8 Å². The van der Waals surface area contributed by atoms with Gasteiger partial charge in [0.15, 0.2) is 0 Å². The smallest absolute Gasteiger partial charge is 0.136 e. The Bertz CT molecular complexity index is 2790. The van der Waals surface area contributed by atoms with Crippen LogP contribution in [0.15, 0.2) is 186 Å². The fourth-order valence-electron chi connectivity index (χ4n) is 7.45. The Morgan fingerprint density at radius 1 is 0.380 bits per heavy atom. The van der Waals surface area contributed by atoms with Gasteiger partial charge < -0.3 is 8.98 Å². The Morgan fingerprint density at radius 2 is 0.980 bits per heavy atom. The monoisotopic (exact) mass is 638 g/mol. The number of pyridine rings is 1. The van der Waals surface area contributed by atoms with Crippen molar-refractivity contribution in [2.24, 2.45) is 0 Å². The van der Waals surface area contributed by atoms with E-state index in [1.54, 1.807) is 0 Å². The number of rotatable bonds is 5. The molecule has 3 heterocycles. The molecule has 50 heavy (non-hydrogen) atoms. The van der Waals surface area contributed by atoms with Crippen LogP contribution in [0.5, 0.6) is 0 Å². The summed E-state index contributed by atoms with van der Waals surface area (Å²) in [5.74, 6) is 0. The Balaban J connectivity index is 1.16. The number of aromatic nitrogens is 2. The van der Waals surface area contributed by atoms with Crippen molar-refractivity contribution in [3.63, 3.8) is 0 Å². The number of hydrogen-bond donors (Lipinski definition) is 0. The minimum atomic E-state index is 0.871.